The molecule has 0 unspecified atom stereocenters. The van der Waals surface area contributed by atoms with Crippen molar-refractivity contribution in [2.45, 2.75) is 6.92 Å². The van der Waals surface area contributed by atoms with Crippen LogP contribution in [-0.4, -0.2) is 16.8 Å². The summed E-state index contributed by atoms with van der Waals surface area (Å²) < 4.78 is 6.07. The molecule has 3 heterocycles. The molecule has 0 aliphatic rings. The lowest BCUT2D eigenvalue weighted by atomic mass is 10.2. The molecule has 0 fully saturated rings. The molecule has 0 atom stereocenters. The van der Waals surface area contributed by atoms with Gasteiger partial charge >= 0.3 is 0 Å². The number of hydrogen-bond acceptors (Lipinski definition) is 6. The van der Waals surface area contributed by atoms with E-state index in [1.807, 2.05) is 25.1 Å². The van der Waals surface area contributed by atoms with Crippen LogP contribution in [0.5, 0.6) is 0 Å². The Morgan fingerprint density at radius 3 is 2.65 bits per heavy atom. The number of amides is 2. The van der Waals surface area contributed by atoms with Crippen molar-refractivity contribution in [3.63, 3.8) is 0 Å². The fraction of sp³-hybridized carbons (Fsp3) is 0.0556. The van der Waals surface area contributed by atoms with Crippen LogP contribution in [0.4, 0.5) is 10.1 Å². The maximum absolute atomic E-state index is 12.4. The van der Waals surface area contributed by atoms with E-state index < -0.39 is 0 Å². The van der Waals surface area contributed by atoms with E-state index in [2.05, 4.69) is 15.6 Å². The van der Waals surface area contributed by atoms with E-state index >= 15 is 0 Å². The highest BCUT2D eigenvalue weighted by atomic mass is 32.1. The summed E-state index contributed by atoms with van der Waals surface area (Å²) in [5.74, 6) is -0.398. The van der Waals surface area contributed by atoms with Crippen LogP contribution in [0.2, 0.25) is 0 Å². The van der Waals surface area contributed by atoms with Crippen molar-refractivity contribution in [3.8, 4) is 0 Å². The van der Waals surface area contributed by atoms with E-state index in [-0.39, 0.29) is 17.6 Å². The normalized spacial score (nSPS) is 10.8. The maximum Gasteiger partial charge on any atom is 0.291 e. The molecule has 0 aliphatic heterocycles. The topological polar surface area (TPSA) is 84.2 Å². The van der Waals surface area contributed by atoms with Gasteiger partial charge in [-0.15, -0.1) is 11.3 Å². The third kappa shape index (κ3) is 3.24. The van der Waals surface area contributed by atoms with E-state index in [1.54, 1.807) is 24.3 Å². The van der Waals surface area contributed by atoms with Crippen LogP contribution in [0.1, 0.15) is 25.8 Å². The van der Waals surface area contributed by atoms with Gasteiger partial charge in [-0.3, -0.25) is 14.9 Å². The number of hydrogen-bond donors (Lipinski definition) is 2. The number of para-hydroxylation sites is 1. The summed E-state index contributed by atoms with van der Waals surface area (Å²) in [6.45, 7) is 1.99. The molecule has 0 saturated carbocycles. The Labute approximate surface area is 156 Å². The molecule has 2 amide bonds. The molecule has 1 aromatic carbocycles. The summed E-state index contributed by atoms with van der Waals surface area (Å²) in [4.78, 5) is 29.4. The molecular weight excluding hydrogens is 370 g/mol. The van der Waals surface area contributed by atoms with E-state index in [9.17, 15) is 9.59 Å². The number of aryl methyl sites for hydroxylation is 1. The Morgan fingerprint density at radius 2 is 1.88 bits per heavy atom. The molecule has 3 aromatic heterocycles. The van der Waals surface area contributed by atoms with Gasteiger partial charge in [0.15, 0.2) is 10.9 Å². The van der Waals surface area contributed by atoms with Crippen LogP contribution < -0.4 is 10.6 Å². The Balaban J connectivity index is 1.47. The molecule has 6 nitrogen and oxygen atoms in total. The number of anilines is 2. The van der Waals surface area contributed by atoms with Crippen molar-refractivity contribution in [2.75, 3.05) is 10.6 Å². The summed E-state index contributed by atoms with van der Waals surface area (Å²) in [5.41, 5.74) is 1.96. The summed E-state index contributed by atoms with van der Waals surface area (Å²) in [7, 11) is 0. The molecular formula is C18H13N3O3S2. The van der Waals surface area contributed by atoms with E-state index in [1.165, 1.54) is 28.9 Å². The molecule has 0 spiro atoms. The van der Waals surface area contributed by atoms with Gasteiger partial charge in [0.05, 0.1) is 26.4 Å². The average Bonchev–Trinajstić information content (AvgIpc) is 3.35. The zero-order valence-corrected chi connectivity index (χ0v) is 15.2. The second-order valence-electron chi connectivity index (χ2n) is 5.49. The van der Waals surface area contributed by atoms with Crippen LogP contribution in [0.3, 0.4) is 0 Å². The fourth-order valence-electron chi connectivity index (χ4n) is 2.41. The van der Waals surface area contributed by atoms with Crippen molar-refractivity contribution in [3.05, 3.63) is 64.9 Å². The van der Waals surface area contributed by atoms with Gasteiger partial charge in [0, 0.05) is 0 Å². The molecule has 0 radical (unpaired) electrons. The van der Waals surface area contributed by atoms with Crippen LogP contribution in [0.25, 0.3) is 10.2 Å². The van der Waals surface area contributed by atoms with Crippen molar-refractivity contribution < 1.29 is 14.0 Å². The van der Waals surface area contributed by atoms with Crippen LogP contribution >= 0.6 is 22.7 Å². The number of thiazole rings is 1. The first-order valence-electron chi connectivity index (χ1n) is 7.72. The highest BCUT2D eigenvalue weighted by molar-refractivity contribution is 7.22. The fourth-order valence-corrected chi connectivity index (χ4v) is 4.14. The van der Waals surface area contributed by atoms with Gasteiger partial charge < -0.3 is 9.73 Å². The van der Waals surface area contributed by atoms with Crippen LogP contribution in [-0.2, 0) is 0 Å². The largest absolute Gasteiger partial charge is 0.459 e. The molecule has 0 bridgehead atoms. The number of nitrogens with one attached hydrogen (secondary N) is 2. The quantitative estimate of drug-likeness (QED) is 0.532. The van der Waals surface area contributed by atoms with Gasteiger partial charge in [0.25, 0.3) is 11.8 Å². The van der Waals surface area contributed by atoms with E-state index in [0.717, 1.165) is 15.8 Å². The molecule has 26 heavy (non-hydrogen) atoms. The molecule has 8 heteroatoms. The van der Waals surface area contributed by atoms with E-state index in [0.29, 0.717) is 15.0 Å². The number of aromatic nitrogens is 1. The number of benzene rings is 1. The minimum Gasteiger partial charge on any atom is -0.459 e. The lowest BCUT2D eigenvalue weighted by molar-refractivity contribution is 0.0995. The van der Waals surface area contributed by atoms with Crippen LogP contribution in [0, 0.1) is 6.92 Å². The Kier molecular flexibility index (Phi) is 4.27. The maximum atomic E-state index is 12.4. The highest BCUT2D eigenvalue weighted by Crippen LogP contribution is 2.29. The molecule has 130 valence electrons. The summed E-state index contributed by atoms with van der Waals surface area (Å²) in [6, 6.07) is 12.5. The SMILES string of the molecule is Cc1cccc2sc(NC(=O)c3ccc(NC(=O)c4ccco4)s3)nc12. The third-order valence-electron chi connectivity index (χ3n) is 3.65. The average molecular weight is 383 g/mol. The summed E-state index contributed by atoms with van der Waals surface area (Å²) in [6.07, 6.45) is 1.43. The predicted molar refractivity (Wildman–Crippen MR) is 103 cm³/mol. The number of furan rings is 1. The minimum absolute atomic E-state index is 0.217. The summed E-state index contributed by atoms with van der Waals surface area (Å²) >= 11 is 2.62. The van der Waals surface area contributed by atoms with Gasteiger partial charge in [0.2, 0.25) is 0 Å². The van der Waals surface area contributed by atoms with Gasteiger partial charge in [-0.2, -0.15) is 0 Å². The lowest BCUT2D eigenvalue weighted by Gasteiger charge is -1.99. The predicted octanol–water partition coefficient (Wildman–Crippen LogP) is 4.76. The zero-order valence-electron chi connectivity index (χ0n) is 13.6. The molecule has 0 aliphatic carbocycles. The van der Waals surface area contributed by atoms with Gasteiger partial charge in [-0.25, -0.2) is 4.98 Å². The standard InChI is InChI=1S/C18H13N3O3S2/c1-10-4-2-6-12-15(10)20-18(26-12)21-17(23)13-7-8-14(25-13)19-16(22)11-5-3-9-24-11/h2-9H,1H3,(H,19,22)(H,20,21,23). The van der Waals surface area contributed by atoms with Crippen molar-refractivity contribution in [2.24, 2.45) is 0 Å². The number of fused-ring (bicyclic) bond motifs is 1. The van der Waals surface area contributed by atoms with Crippen LogP contribution in [0.15, 0.2) is 53.1 Å². The first-order valence-corrected chi connectivity index (χ1v) is 9.35. The number of thiophene rings is 1. The Morgan fingerprint density at radius 1 is 1.00 bits per heavy atom. The second kappa shape index (κ2) is 6.74. The molecule has 4 aromatic rings. The van der Waals surface area contributed by atoms with Crippen molar-refractivity contribution in [1.29, 1.82) is 0 Å². The lowest BCUT2D eigenvalue weighted by Crippen LogP contribution is -2.10. The molecule has 2 N–H and O–H groups in total. The van der Waals surface area contributed by atoms with Gasteiger partial charge in [0.1, 0.15) is 0 Å². The van der Waals surface area contributed by atoms with Gasteiger partial charge in [-0.1, -0.05) is 23.5 Å². The molecule has 0 saturated heterocycles. The number of nitrogens with zero attached hydrogens (tertiary/aromatic N) is 1. The number of carbonyl (C=O) groups excluding carboxylic acids is 2. The smallest absolute Gasteiger partial charge is 0.291 e. The first kappa shape index (κ1) is 16.5. The number of rotatable bonds is 4. The third-order valence-corrected chi connectivity index (χ3v) is 5.59. The number of carbonyl (C=O) groups is 2. The monoisotopic (exact) mass is 383 g/mol. The van der Waals surface area contributed by atoms with Gasteiger partial charge in [-0.05, 0) is 42.8 Å². The second-order valence-corrected chi connectivity index (χ2v) is 7.60. The molecule has 4 rings (SSSR count). The Hall–Kier alpha value is -2.97. The minimum atomic E-state index is -0.356. The Bertz CT molecular complexity index is 1100. The summed E-state index contributed by atoms with van der Waals surface area (Å²) in [5, 5.41) is 6.64. The van der Waals surface area contributed by atoms with Crippen molar-refractivity contribution in [1.82, 2.24) is 4.98 Å². The highest BCUT2D eigenvalue weighted by Gasteiger charge is 2.15. The van der Waals surface area contributed by atoms with E-state index in [4.69, 9.17) is 4.42 Å². The zero-order chi connectivity index (χ0) is 18.1. The first-order chi connectivity index (χ1) is 12.6. The van der Waals surface area contributed by atoms with Crippen molar-refractivity contribution >= 4 is 54.8 Å².